The Kier molecular flexibility index (Phi) is 3.21. The van der Waals surface area contributed by atoms with E-state index in [2.05, 4.69) is 15.0 Å². The molecule has 4 heterocycles. The van der Waals surface area contributed by atoms with Crippen LogP contribution in [0.3, 0.4) is 0 Å². The second-order valence-electron chi connectivity index (χ2n) is 6.16. The standard InChI is InChI=1S/C15H18N4O3S/c1-9(20)15-18-12-7-17-14-11(4-5-16-14)13(12)19(15)10-3-2-6-23(21,22)8-10/h4-5,7,9-10,20H,2-3,6,8H2,1H3,(H,16,17)/t9-,10?/m1/s1. The van der Waals surface area contributed by atoms with Gasteiger partial charge in [-0.15, -0.1) is 0 Å². The van der Waals surface area contributed by atoms with Crippen LogP contribution < -0.4 is 0 Å². The number of fused-ring (bicyclic) bond motifs is 3. The topological polar surface area (TPSA) is 101 Å². The van der Waals surface area contributed by atoms with Crippen LogP contribution in [0.4, 0.5) is 0 Å². The zero-order chi connectivity index (χ0) is 16.2. The zero-order valence-electron chi connectivity index (χ0n) is 12.7. The van der Waals surface area contributed by atoms with Gasteiger partial charge in [-0.05, 0) is 25.8 Å². The number of hydrogen-bond acceptors (Lipinski definition) is 5. The van der Waals surface area contributed by atoms with Gasteiger partial charge in [0.2, 0.25) is 0 Å². The van der Waals surface area contributed by atoms with E-state index in [0.717, 1.165) is 23.0 Å². The Morgan fingerprint density at radius 2 is 2.30 bits per heavy atom. The molecular formula is C15H18N4O3S. The number of hydrogen-bond donors (Lipinski definition) is 2. The number of aromatic amines is 1. The molecule has 0 spiro atoms. The van der Waals surface area contributed by atoms with Crippen LogP contribution >= 0.6 is 0 Å². The van der Waals surface area contributed by atoms with E-state index in [9.17, 15) is 13.5 Å². The zero-order valence-corrected chi connectivity index (χ0v) is 13.5. The molecule has 0 radical (unpaired) electrons. The summed E-state index contributed by atoms with van der Waals surface area (Å²) >= 11 is 0. The normalized spacial score (nSPS) is 22.6. The van der Waals surface area contributed by atoms with Gasteiger partial charge >= 0.3 is 0 Å². The monoisotopic (exact) mass is 334 g/mol. The fourth-order valence-corrected chi connectivity index (χ4v) is 5.15. The molecule has 7 nitrogen and oxygen atoms in total. The van der Waals surface area contributed by atoms with Crippen LogP contribution in [0.1, 0.15) is 37.7 Å². The molecule has 23 heavy (non-hydrogen) atoms. The number of rotatable bonds is 2. The van der Waals surface area contributed by atoms with E-state index in [1.807, 2.05) is 10.6 Å². The molecule has 1 unspecified atom stereocenters. The van der Waals surface area contributed by atoms with Crippen molar-refractivity contribution in [2.75, 3.05) is 11.5 Å². The minimum Gasteiger partial charge on any atom is -0.385 e. The molecule has 3 aromatic heterocycles. The molecule has 4 rings (SSSR count). The summed E-state index contributed by atoms with van der Waals surface area (Å²) in [6.07, 6.45) is 4.08. The van der Waals surface area contributed by atoms with Gasteiger partial charge in [-0.1, -0.05) is 0 Å². The summed E-state index contributed by atoms with van der Waals surface area (Å²) < 4.78 is 26.1. The first-order valence-corrected chi connectivity index (χ1v) is 9.51. The lowest BCUT2D eigenvalue weighted by Gasteiger charge is -2.26. The molecular weight excluding hydrogens is 316 g/mol. The highest BCUT2D eigenvalue weighted by atomic mass is 32.2. The molecule has 0 amide bonds. The maximum Gasteiger partial charge on any atom is 0.152 e. The molecule has 0 aromatic carbocycles. The summed E-state index contributed by atoms with van der Waals surface area (Å²) in [5, 5.41) is 11.0. The minimum absolute atomic E-state index is 0.0897. The lowest BCUT2D eigenvalue weighted by Crippen LogP contribution is -2.28. The van der Waals surface area contributed by atoms with Gasteiger partial charge in [-0.2, -0.15) is 0 Å². The number of sulfone groups is 1. The fraction of sp³-hybridized carbons (Fsp3) is 0.467. The Hall–Kier alpha value is -1.93. The van der Waals surface area contributed by atoms with E-state index in [1.54, 1.807) is 19.3 Å². The maximum atomic E-state index is 12.1. The Balaban J connectivity index is 2.02. The minimum atomic E-state index is -3.06. The highest BCUT2D eigenvalue weighted by Gasteiger charge is 2.30. The van der Waals surface area contributed by atoms with Gasteiger partial charge in [0.1, 0.15) is 23.1 Å². The van der Waals surface area contributed by atoms with Gasteiger partial charge in [-0.3, -0.25) is 0 Å². The summed E-state index contributed by atoms with van der Waals surface area (Å²) in [4.78, 5) is 11.9. The number of H-pyrrole nitrogens is 1. The first-order chi connectivity index (χ1) is 11.0. The predicted molar refractivity (Wildman–Crippen MR) is 86.9 cm³/mol. The number of aliphatic hydroxyl groups is 1. The fourth-order valence-electron chi connectivity index (χ4n) is 3.48. The quantitative estimate of drug-likeness (QED) is 0.743. The molecule has 122 valence electrons. The van der Waals surface area contributed by atoms with Crippen LogP contribution in [-0.4, -0.2) is 44.5 Å². The smallest absolute Gasteiger partial charge is 0.152 e. The van der Waals surface area contributed by atoms with E-state index in [4.69, 9.17) is 0 Å². The van der Waals surface area contributed by atoms with Crippen molar-refractivity contribution in [1.82, 2.24) is 19.5 Å². The van der Waals surface area contributed by atoms with Crippen LogP contribution in [0.5, 0.6) is 0 Å². The van der Waals surface area contributed by atoms with Crippen molar-refractivity contribution >= 4 is 31.9 Å². The van der Waals surface area contributed by atoms with Crippen molar-refractivity contribution in [1.29, 1.82) is 0 Å². The van der Waals surface area contributed by atoms with Gasteiger partial charge in [-0.25, -0.2) is 18.4 Å². The number of nitrogens with zero attached hydrogens (tertiary/aromatic N) is 3. The van der Waals surface area contributed by atoms with Crippen molar-refractivity contribution in [3.05, 3.63) is 24.3 Å². The SMILES string of the molecule is C[C@@H](O)c1nc2cnc3[nH]ccc3c2n1C1CCCS(=O)(=O)C1. The third kappa shape index (κ3) is 2.33. The first kappa shape index (κ1) is 14.6. The Bertz CT molecular complexity index is 987. The van der Waals surface area contributed by atoms with E-state index < -0.39 is 15.9 Å². The summed E-state index contributed by atoms with van der Waals surface area (Å²) in [7, 11) is -3.06. The van der Waals surface area contributed by atoms with E-state index in [-0.39, 0.29) is 17.5 Å². The lowest BCUT2D eigenvalue weighted by molar-refractivity contribution is 0.181. The molecule has 2 atom stereocenters. The van der Waals surface area contributed by atoms with E-state index in [0.29, 0.717) is 17.8 Å². The third-order valence-corrected chi connectivity index (χ3v) is 6.24. The van der Waals surface area contributed by atoms with Gasteiger partial charge in [0.15, 0.2) is 9.84 Å². The average Bonchev–Trinajstić information content (AvgIpc) is 3.09. The highest BCUT2D eigenvalue weighted by Crippen LogP contribution is 2.33. The second-order valence-corrected chi connectivity index (χ2v) is 8.39. The third-order valence-electron chi connectivity index (χ3n) is 4.44. The molecule has 0 saturated carbocycles. The van der Waals surface area contributed by atoms with E-state index in [1.165, 1.54) is 0 Å². The molecule has 1 aliphatic heterocycles. The Morgan fingerprint density at radius 3 is 3.04 bits per heavy atom. The first-order valence-electron chi connectivity index (χ1n) is 7.69. The molecule has 3 aromatic rings. The number of pyridine rings is 1. The molecule has 1 aliphatic rings. The molecule has 1 fully saturated rings. The van der Waals surface area contributed by atoms with E-state index >= 15 is 0 Å². The number of nitrogens with one attached hydrogen (secondary N) is 1. The number of imidazole rings is 1. The molecule has 1 saturated heterocycles. The van der Waals surface area contributed by atoms with Crippen molar-refractivity contribution in [2.45, 2.75) is 31.9 Å². The van der Waals surface area contributed by atoms with Crippen LogP contribution in [0.2, 0.25) is 0 Å². The van der Waals surface area contributed by atoms with Crippen LogP contribution in [0.25, 0.3) is 22.1 Å². The molecule has 2 N–H and O–H groups in total. The van der Waals surface area contributed by atoms with Gasteiger partial charge in [0.05, 0.1) is 23.2 Å². The van der Waals surface area contributed by atoms with Gasteiger partial charge < -0.3 is 14.7 Å². The largest absolute Gasteiger partial charge is 0.385 e. The second kappa shape index (κ2) is 5.04. The van der Waals surface area contributed by atoms with Gasteiger partial charge in [0.25, 0.3) is 0 Å². The van der Waals surface area contributed by atoms with Crippen molar-refractivity contribution in [3.8, 4) is 0 Å². The van der Waals surface area contributed by atoms with Crippen LogP contribution in [-0.2, 0) is 9.84 Å². The van der Waals surface area contributed by atoms with Crippen molar-refractivity contribution < 1.29 is 13.5 Å². The Labute approximate surface area is 133 Å². The summed E-state index contributed by atoms with van der Waals surface area (Å²) in [6, 6.07) is 1.70. The van der Waals surface area contributed by atoms with Gasteiger partial charge in [0, 0.05) is 17.6 Å². The highest BCUT2D eigenvalue weighted by molar-refractivity contribution is 7.91. The summed E-state index contributed by atoms with van der Waals surface area (Å²) in [5.74, 6) is 0.825. The predicted octanol–water partition coefficient (Wildman–Crippen LogP) is 1.72. The average molecular weight is 334 g/mol. The Morgan fingerprint density at radius 1 is 1.48 bits per heavy atom. The molecule has 0 bridgehead atoms. The number of aromatic nitrogens is 4. The van der Waals surface area contributed by atoms with Crippen LogP contribution in [0, 0.1) is 0 Å². The van der Waals surface area contributed by atoms with Crippen molar-refractivity contribution in [3.63, 3.8) is 0 Å². The van der Waals surface area contributed by atoms with Crippen LogP contribution in [0.15, 0.2) is 18.5 Å². The maximum absolute atomic E-state index is 12.1. The summed E-state index contributed by atoms with van der Waals surface area (Å²) in [6.45, 7) is 1.65. The lowest BCUT2D eigenvalue weighted by atomic mass is 10.1. The summed E-state index contributed by atoms with van der Waals surface area (Å²) in [5.41, 5.74) is 2.25. The number of aliphatic hydroxyl groups excluding tert-OH is 1. The molecule has 8 heteroatoms. The van der Waals surface area contributed by atoms with Crippen molar-refractivity contribution in [2.24, 2.45) is 0 Å². The molecule has 0 aliphatic carbocycles.